The van der Waals surface area contributed by atoms with Crippen LogP contribution in [0, 0.1) is 0 Å². The van der Waals surface area contributed by atoms with Crippen molar-refractivity contribution >= 4 is 11.0 Å². The normalized spacial score (nSPS) is 6.62. The van der Waals surface area contributed by atoms with Crippen LogP contribution in [-0.4, -0.2) is 20.5 Å². The number of nitrogens with zero attached hydrogens (tertiary/aromatic N) is 2. The number of imidazole rings is 1. The Hall–Kier alpha value is 0.115. The first-order valence-electron chi connectivity index (χ1n) is 1.81. The average molecular weight is 206 g/mol. The van der Waals surface area contributed by atoms with Crippen molar-refractivity contribution in [2.45, 2.75) is 0 Å². The summed E-state index contributed by atoms with van der Waals surface area (Å²) in [6.07, 6.45) is 5.39. The first-order chi connectivity index (χ1) is 2.89. The summed E-state index contributed by atoms with van der Waals surface area (Å²) in [7, 11) is 1.94. The van der Waals surface area contributed by atoms with Crippen molar-refractivity contribution in [2.75, 3.05) is 0 Å². The maximum absolute atomic E-state index is 3.78. The van der Waals surface area contributed by atoms with Gasteiger partial charge in [0.05, 0.1) is 6.33 Å². The van der Waals surface area contributed by atoms with Gasteiger partial charge in [0.2, 0.25) is 0 Å². The van der Waals surface area contributed by atoms with Crippen molar-refractivity contribution < 1.29 is 21.1 Å². The van der Waals surface area contributed by atoms with Crippen molar-refractivity contribution in [2.24, 2.45) is 7.05 Å². The predicted octanol–water partition coefficient (Wildman–Crippen LogP) is 0.0368. The quantitative estimate of drug-likeness (QED) is 0.548. The summed E-state index contributed by atoms with van der Waals surface area (Å²) in [5.41, 5.74) is 0. The summed E-state index contributed by atoms with van der Waals surface area (Å²) >= 11 is 0. The van der Waals surface area contributed by atoms with Crippen LogP contribution < -0.4 is 0 Å². The Labute approximate surface area is 67.6 Å². The van der Waals surface area contributed by atoms with Crippen LogP contribution in [0.25, 0.3) is 0 Å². The second-order valence-corrected chi connectivity index (χ2v) is 1.23. The van der Waals surface area contributed by atoms with Gasteiger partial charge in [-0.3, -0.25) is 0 Å². The SMILES string of the molecule is Cn1ccnc1.[Mo].[Si]. The molecule has 1 rings (SSSR count). The number of rotatable bonds is 0. The van der Waals surface area contributed by atoms with Crippen molar-refractivity contribution in [1.82, 2.24) is 9.55 Å². The monoisotopic (exact) mass is 208 g/mol. The molecule has 1 heterocycles. The van der Waals surface area contributed by atoms with E-state index in [4.69, 9.17) is 0 Å². The second kappa shape index (κ2) is 5.26. The fourth-order valence-electron chi connectivity index (χ4n) is 0.326. The van der Waals surface area contributed by atoms with Gasteiger partial charge >= 0.3 is 0 Å². The second-order valence-electron chi connectivity index (χ2n) is 1.23. The van der Waals surface area contributed by atoms with Crippen molar-refractivity contribution in [3.63, 3.8) is 0 Å². The van der Waals surface area contributed by atoms with Gasteiger partial charge in [-0.1, -0.05) is 0 Å². The first kappa shape index (κ1) is 11.0. The molecule has 42 valence electrons. The van der Waals surface area contributed by atoms with Gasteiger partial charge in [-0.15, -0.1) is 0 Å². The molecule has 0 aliphatic heterocycles. The maximum atomic E-state index is 3.78. The Morgan fingerprint density at radius 2 is 2.12 bits per heavy atom. The molecule has 0 saturated carbocycles. The van der Waals surface area contributed by atoms with Gasteiger partial charge in [0.25, 0.3) is 0 Å². The van der Waals surface area contributed by atoms with Crippen LogP contribution >= 0.6 is 0 Å². The molecule has 1 aromatic rings. The van der Waals surface area contributed by atoms with E-state index in [1.807, 2.05) is 17.8 Å². The van der Waals surface area contributed by atoms with Gasteiger partial charge in [0, 0.05) is 51.5 Å². The smallest absolute Gasteiger partial charge is 0.0943 e. The van der Waals surface area contributed by atoms with Gasteiger partial charge in [0.1, 0.15) is 0 Å². The fraction of sp³-hybridized carbons (Fsp3) is 0.250. The molecule has 0 fully saturated rings. The Balaban J connectivity index is 0. The third-order valence-electron chi connectivity index (χ3n) is 0.637. The van der Waals surface area contributed by atoms with Crippen LogP contribution in [0.15, 0.2) is 18.7 Å². The van der Waals surface area contributed by atoms with Crippen LogP contribution in [0.3, 0.4) is 0 Å². The van der Waals surface area contributed by atoms with Gasteiger partial charge < -0.3 is 4.57 Å². The number of aromatic nitrogens is 2. The van der Waals surface area contributed by atoms with E-state index in [9.17, 15) is 0 Å². The summed E-state index contributed by atoms with van der Waals surface area (Å²) in [6.45, 7) is 0. The molecule has 0 spiro atoms. The molecule has 4 radical (unpaired) electrons. The molecule has 1 aromatic heterocycles. The summed E-state index contributed by atoms with van der Waals surface area (Å²) < 4.78 is 1.89. The Morgan fingerprint density at radius 3 is 2.25 bits per heavy atom. The summed E-state index contributed by atoms with van der Waals surface area (Å²) in [5, 5.41) is 0. The molecule has 0 aliphatic carbocycles. The molecular formula is C4H6MoN2Si. The molecule has 4 heteroatoms. The minimum absolute atomic E-state index is 0. The minimum atomic E-state index is 0. The van der Waals surface area contributed by atoms with Gasteiger partial charge in [-0.2, -0.15) is 0 Å². The van der Waals surface area contributed by atoms with E-state index in [1.54, 1.807) is 12.5 Å². The molecule has 0 saturated heterocycles. The van der Waals surface area contributed by atoms with E-state index in [-0.39, 0.29) is 32.0 Å². The number of aryl methyl sites for hydroxylation is 1. The number of hydrogen-bond acceptors (Lipinski definition) is 1. The van der Waals surface area contributed by atoms with E-state index in [2.05, 4.69) is 4.98 Å². The molecular weight excluding hydrogens is 200 g/mol. The van der Waals surface area contributed by atoms with Gasteiger partial charge in [0.15, 0.2) is 0 Å². The van der Waals surface area contributed by atoms with Gasteiger partial charge in [-0.25, -0.2) is 4.98 Å². The molecule has 0 aliphatic rings. The molecule has 0 bridgehead atoms. The summed E-state index contributed by atoms with van der Waals surface area (Å²) in [5.74, 6) is 0. The van der Waals surface area contributed by atoms with Crippen LogP contribution in [0.4, 0.5) is 0 Å². The van der Waals surface area contributed by atoms with Crippen LogP contribution in [0.5, 0.6) is 0 Å². The predicted molar refractivity (Wildman–Crippen MR) is 29.0 cm³/mol. The third-order valence-corrected chi connectivity index (χ3v) is 0.637. The number of hydrogen-bond donors (Lipinski definition) is 0. The standard InChI is InChI=1S/C4H6N2.Mo.Si/c1-6-3-2-5-4-6;;/h2-4H,1H3;;. The van der Waals surface area contributed by atoms with Crippen LogP contribution in [-0.2, 0) is 28.1 Å². The van der Waals surface area contributed by atoms with Crippen LogP contribution in [0.1, 0.15) is 0 Å². The van der Waals surface area contributed by atoms with Crippen molar-refractivity contribution in [3.8, 4) is 0 Å². The topological polar surface area (TPSA) is 17.8 Å². The summed E-state index contributed by atoms with van der Waals surface area (Å²) in [6, 6.07) is 0. The van der Waals surface area contributed by atoms with E-state index in [0.29, 0.717) is 0 Å². The van der Waals surface area contributed by atoms with E-state index in [0.717, 1.165) is 0 Å². The fourth-order valence-corrected chi connectivity index (χ4v) is 0.326. The summed E-state index contributed by atoms with van der Waals surface area (Å²) in [4.78, 5) is 3.78. The first-order valence-corrected chi connectivity index (χ1v) is 1.81. The molecule has 2 nitrogen and oxygen atoms in total. The Kier molecular flexibility index (Phi) is 7.22. The third kappa shape index (κ3) is 3.16. The average Bonchev–Trinajstić information content (AvgIpc) is 1.86. The Morgan fingerprint density at radius 1 is 1.50 bits per heavy atom. The zero-order valence-electron chi connectivity index (χ0n) is 4.53. The van der Waals surface area contributed by atoms with Gasteiger partial charge in [-0.05, 0) is 0 Å². The largest absolute Gasteiger partial charge is 0.341 e. The van der Waals surface area contributed by atoms with Crippen LogP contribution in [0.2, 0.25) is 0 Å². The minimum Gasteiger partial charge on any atom is -0.341 e. The molecule has 0 amide bonds. The van der Waals surface area contributed by atoms with E-state index in [1.165, 1.54) is 0 Å². The van der Waals surface area contributed by atoms with Crippen molar-refractivity contribution in [1.29, 1.82) is 0 Å². The van der Waals surface area contributed by atoms with Crippen molar-refractivity contribution in [3.05, 3.63) is 18.7 Å². The molecule has 0 aromatic carbocycles. The zero-order chi connectivity index (χ0) is 4.41. The molecule has 0 N–H and O–H groups in total. The van der Waals surface area contributed by atoms with E-state index < -0.39 is 0 Å². The Bertz CT molecular complexity index is 118. The zero-order valence-corrected chi connectivity index (χ0v) is 7.54. The maximum Gasteiger partial charge on any atom is 0.0943 e. The van der Waals surface area contributed by atoms with E-state index >= 15 is 0 Å². The molecule has 8 heavy (non-hydrogen) atoms. The molecule has 0 unspecified atom stereocenters. The molecule has 0 atom stereocenters.